The third-order valence-electron chi connectivity index (χ3n) is 2.64. The quantitative estimate of drug-likeness (QED) is 0.586. The van der Waals surface area contributed by atoms with E-state index in [2.05, 4.69) is 15.5 Å². The van der Waals surface area contributed by atoms with Crippen molar-refractivity contribution in [3.8, 4) is 0 Å². The fourth-order valence-electron chi connectivity index (χ4n) is 1.76. The van der Waals surface area contributed by atoms with E-state index in [0.717, 1.165) is 28.1 Å². The highest BCUT2D eigenvalue weighted by Crippen LogP contribution is 2.23. The van der Waals surface area contributed by atoms with Crippen LogP contribution in [-0.2, 0) is 0 Å². The lowest BCUT2D eigenvalue weighted by molar-refractivity contribution is 1.12. The van der Waals surface area contributed by atoms with Crippen LogP contribution in [0.25, 0.3) is 10.9 Å². The lowest BCUT2D eigenvalue weighted by Crippen LogP contribution is -1.91. The molecule has 0 saturated heterocycles. The summed E-state index contributed by atoms with van der Waals surface area (Å²) in [5.41, 5.74) is 8.38. The lowest BCUT2D eigenvalue weighted by atomic mass is 10.2. The van der Waals surface area contributed by atoms with Gasteiger partial charge in [-0.15, -0.1) is 0 Å². The average molecular weight is 224 g/mol. The van der Waals surface area contributed by atoms with Crippen LogP contribution >= 0.6 is 0 Å². The molecule has 0 spiro atoms. The fourth-order valence-corrected chi connectivity index (χ4v) is 1.76. The molecule has 0 atom stereocenters. The van der Waals surface area contributed by atoms with Crippen molar-refractivity contribution < 1.29 is 0 Å². The molecule has 4 heteroatoms. The minimum atomic E-state index is 0.752. The normalized spacial score (nSPS) is 10.6. The van der Waals surface area contributed by atoms with Gasteiger partial charge in [0.1, 0.15) is 0 Å². The third kappa shape index (κ3) is 1.80. The number of nitrogens with zero attached hydrogens (tertiary/aromatic N) is 1. The number of rotatable bonds is 2. The van der Waals surface area contributed by atoms with Crippen molar-refractivity contribution in [2.45, 2.75) is 0 Å². The van der Waals surface area contributed by atoms with E-state index in [4.69, 9.17) is 5.73 Å². The molecule has 3 rings (SSSR count). The molecule has 1 aromatic heterocycles. The maximum absolute atomic E-state index is 5.64. The number of nitrogens with two attached hydrogens (primary N) is 1. The van der Waals surface area contributed by atoms with E-state index in [9.17, 15) is 0 Å². The van der Waals surface area contributed by atoms with Crippen LogP contribution in [0.5, 0.6) is 0 Å². The van der Waals surface area contributed by atoms with Crippen molar-refractivity contribution in [1.29, 1.82) is 0 Å². The number of hydrogen-bond donors (Lipinski definition) is 3. The Kier molecular flexibility index (Phi) is 2.19. The third-order valence-corrected chi connectivity index (χ3v) is 2.64. The van der Waals surface area contributed by atoms with Crippen LogP contribution in [0.4, 0.5) is 17.2 Å². The molecule has 0 aliphatic carbocycles. The molecule has 2 aromatic carbocycles. The molecule has 0 aliphatic heterocycles. The zero-order chi connectivity index (χ0) is 11.7. The van der Waals surface area contributed by atoms with Crippen LogP contribution in [0.15, 0.2) is 48.5 Å². The molecular weight excluding hydrogens is 212 g/mol. The van der Waals surface area contributed by atoms with Crippen LogP contribution < -0.4 is 11.1 Å². The van der Waals surface area contributed by atoms with Crippen molar-refractivity contribution in [3.05, 3.63) is 48.5 Å². The molecule has 4 nitrogen and oxygen atoms in total. The minimum Gasteiger partial charge on any atom is -0.399 e. The molecule has 0 amide bonds. The largest absolute Gasteiger partial charge is 0.399 e. The second-order valence-electron chi connectivity index (χ2n) is 3.86. The molecule has 0 aliphatic rings. The number of nitrogens with one attached hydrogen (secondary N) is 2. The van der Waals surface area contributed by atoms with Gasteiger partial charge in [0.2, 0.25) is 0 Å². The molecule has 0 fully saturated rings. The number of H-pyrrole nitrogens is 1. The minimum absolute atomic E-state index is 0.752. The molecule has 84 valence electrons. The Bertz CT molecular complexity index is 640. The molecular formula is C13H12N4. The van der Waals surface area contributed by atoms with E-state index >= 15 is 0 Å². The first-order valence-corrected chi connectivity index (χ1v) is 5.38. The van der Waals surface area contributed by atoms with E-state index in [1.165, 1.54) is 0 Å². The van der Waals surface area contributed by atoms with Crippen molar-refractivity contribution in [1.82, 2.24) is 10.2 Å². The zero-order valence-corrected chi connectivity index (χ0v) is 9.14. The van der Waals surface area contributed by atoms with Crippen molar-refractivity contribution in [2.24, 2.45) is 0 Å². The number of aromatic nitrogens is 2. The summed E-state index contributed by atoms with van der Waals surface area (Å²) in [5.74, 6) is 0.824. The molecule has 0 saturated carbocycles. The van der Waals surface area contributed by atoms with Crippen LogP contribution in [-0.4, -0.2) is 10.2 Å². The number of anilines is 3. The van der Waals surface area contributed by atoms with E-state index in [1.807, 2.05) is 48.5 Å². The Hall–Kier alpha value is -2.49. The van der Waals surface area contributed by atoms with Gasteiger partial charge in [-0.2, -0.15) is 5.10 Å². The highest BCUT2D eigenvalue weighted by molar-refractivity contribution is 5.91. The van der Waals surface area contributed by atoms with E-state index in [1.54, 1.807) is 0 Å². The van der Waals surface area contributed by atoms with Crippen LogP contribution in [0.1, 0.15) is 0 Å². The van der Waals surface area contributed by atoms with Crippen molar-refractivity contribution >= 4 is 28.1 Å². The smallest absolute Gasteiger partial charge is 0.160 e. The molecule has 17 heavy (non-hydrogen) atoms. The Morgan fingerprint density at radius 2 is 1.76 bits per heavy atom. The van der Waals surface area contributed by atoms with Crippen LogP contribution in [0.2, 0.25) is 0 Å². The summed E-state index contributed by atoms with van der Waals surface area (Å²) in [5, 5.41) is 11.6. The van der Waals surface area contributed by atoms with Gasteiger partial charge in [-0.25, -0.2) is 0 Å². The van der Waals surface area contributed by atoms with Gasteiger partial charge in [0.05, 0.1) is 5.52 Å². The highest BCUT2D eigenvalue weighted by Gasteiger charge is 2.04. The summed E-state index contributed by atoms with van der Waals surface area (Å²) >= 11 is 0. The number of fused-ring (bicyclic) bond motifs is 1. The maximum Gasteiger partial charge on any atom is 0.160 e. The fraction of sp³-hybridized carbons (Fsp3) is 0. The Morgan fingerprint density at radius 1 is 1.00 bits per heavy atom. The number of para-hydroxylation sites is 1. The van der Waals surface area contributed by atoms with E-state index < -0.39 is 0 Å². The number of hydrogen-bond acceptors (Lipinski definition) is 3. The molecule has 3 aromatic rings. The maximum atomic E-state index is 5.64. The van der Waals surface area contributed by atoms with Gasteiger partial charge in [0.25, 0.3) is 0 Å². The van der Waals surface area contributed by atoms with Gasteiger partial charge in [-0.1, -0.05) is 12.1 Å². The Morgan fingerprint density at radius 3 is 2.59 bits per heavy atom. The summed E-state index contributed by atoms with van der Waals surface area (Å²) in [7, 11) is 0. The number of aromatic amines is 1. The predicted molar refractivity (Wildman–Crippen MR) is 70.2 cm³/mol. The molecule has 0 bridgehead atoms. The van der Waals surface area contributed by atoms with Gasteiger partial charge in [0, 0.05) is 16.8 Å². The average Bonchev–Trinajstić information content (AvgIpc) is 2.76. The van der Waals surface area contributed by atoms with Gasteiger partial charge in [-0.3, -0.25) is 5.10 Å². The first-order valence-electron chi connectivity index (χ1n) is 5.38. The van der Waals surface area contributed by atoms with Crippen molar-refractivity contribution in [2.75, 3.05) is 11.1 Å². The Labute approximate surface area is 98.5 Å². The summed E-state index contributed by atoms with van der Waals surface area (Å²) < 4.78 is 0. The molecule has 4 N–H and O–H groups in total. The first kappa shape index (κ1) is 9.72. The first-order chi connectivity index (χ1) is 8.33. The highest BCUT2D eigenvalue weighted by atomic mass is 15.2. The van der Waals surface area contributed by atoms with Gasteiger partial charge in [-0.05, 0) is 36.4 Å². The topological polar surface area (TPSA) is 66.7 Å². The molecule has 0 unspecified atom stereocenters. The summed E-state index contributed by atoms with van der Waals surface area (Å²) in [6.07, 6.45) is 0. The predicted octanol–water partition coefficient (Wildman–Crippen LogP) is 2.89. The van der Waals surface area contributed by atoms with Crippen LogP contribution in [0.3, 0.4) is 0 Å². The Balaban J connectivity index is 1.97. The van der Waals surface area contributed by atoms with Gasteiger partial charge in [0.15, 0.2) is 5.82 Å². The second kappa shape index (κ2) is 3.83. The molecule has 0 radical (unpaired) electrons. The van der Waals surface area contributed by atoms with E-state index in [-0.39, 0.29) is 0 Å². The van der Waals surface area contributed by atoms with Crippen molar-refractivity contribution in [3.63, 3.8) is 0 Å². The summed E-state index contributed by atoms with van der Waals surface area (Å²) in [4.78, 5) is 0. The summed E-state index contributed by atoms with van der Waals surface area (Å²) in [6, 6.07) is 15.6. The lowest BCUT2D eigenvalue weighted by Gasteiger charge is -2.03. The van der Waals surface area contributed by atoms with E-state index in [0.29, 0.717) is 0 Å². The summed E-state index contributed by atoms with van der Waals surface area (Å²) in [6.45, 7) is 0. The van der Waals surface area contributed by atoms with Gasteiger partial charge < -0.3 is 11.1 Å². The van der Waals surface area contributed by atoms with Crippen LogP contribution in [0, 0.1) is 0 Å². The second-order valence-corrected chi connectivity index (χ2v) is 3.86. The monoisotopic (exact) mass is 224 g/mol. The van der Waals surface area contributed by atoms with Gasteiger partial charge >= 0.3 is 0 Å². The number of benzene rings is 2. The zero-order valence-electron chi connectivity index (χ0n) is 9.14. The SMILES string of the molecule is Nc1ccc(Nc2n[nH]c3ccccc23)cc1. The number of nitrogen functional groups attached to an aromatic ring is 1. The molecule has 1 heterocycles. The standard InChI is InChI=1S/C13H12N4/c14-9-5-7-10(8-6-9)15-13-11-3-1-2-4-12(11)16-17-13/h1-8H,14H2,(H2,15,16,17).